The normalized spacial score (nSPS) is 10.3. The Hall–Kier alpha value is -1.94. The average Bonchev–Trinajstić information content (AvgIpc) is 2.53. The number of nitrogens with one attached hydrogen (secondary N) is 1. The van der Waals surface area contributed by atoms with E-state index in [1.165, 1.54) is 18.1 Å². The first-order valence-electron chi connectivity index (χ1n) is 6.50. The van der Waals surface area contributed by atoms with Crippen LogP contribution in [0.1, 0.15) is 11.1 Å². The lowest BCUT2D eigenvalue weighted by molar-refractivity contribution is 0.199. The van der Waals surface area contributed by atoms with Crippen LogP contribution < -0.4 is 5.32 Å². The van der Waals surface area contributed by atoms with Crippen molar-refractivity contribution in [2.75, 3.05) is 20.3 Å². The summed E-state index contributed by atoms with van der Waals surface area (Å²) in [6.07, 6.45) is 3.19. The van der Waals surface area contributed by atoms with Gasteiger partial charge < -0.3 is 10.1 Å². The lowest BCUT2D eigenvalue weighted by atomic mass is 10.1. The fraction of sp³-hybridized carbons (Fsp3) is 0.267. The monoisotopic (exact) mass is 300 g/mol. The second-order valence-corrected chi connectivity index (χ2v) is 5.32. The van der Waals surface area contributed by atoms with Gasteiger partial charge in [-0.15, -0.1) is 0 Å². The zero-order valence-corrected chi connectivity index (χ0v) is 12.6. The Labute approximate surface area is 128 Å². The van der Waals surface area contributed by atoms with Crippen molar-refractivity contribution in [3.05, 3.63) is 47.9 Å². The summed E-state index contributed by atoms with van der Waals surface area (Å²) in [5, 5.41) is 13.4. The van der Waals surface area contributed by atoms with Crippen molar-refractivity contribution in [3.8, 4) is 6.07 Å². The van der Waals surface area contributed by atoms with E-state index in [9.17, 15) is 5.26 Å². The molecule has 0 amide bonds. The highest BCUT2D eigenvalue weighted by molar-refractivity contribution is 7.99. The predicted octanol–water partition coefficient (Wildman–Crippen LogP) is 2.24. The molecule has 0 saturated carbocycles. The van der Waals surface area contributed by atoms with Gasteiger partial charge in [-0.3, -0.25) is 0 Å². The molecule has 2 rings (SSSR count). The molecule has 2 aromatic rings. The van der Waals surface area contributed by atoms with Crippen molar-refractivity contribution in [1.29, 1.82) is 5.26 Å². The van der Waals surface area contributed by atoms with E-state index >= 15 is 0 Å². The zero-order valence-electron chi connectivity index (χ0n) is 11.7. The lowest BCUT2D eigenvalue weighted by Crippen LogP contribution is -2.18. The number of benzene rings is 1. The molecule has 5 nitrogen and oxygen atoms in total. The fourth-order valence-electron chi connectivity index (χ4n) is 1.72. The first-order valence-corrected chi connectivity index (χ1v) is 7.31. The van der Waals surface area contributed by atoms with E-state index in [-0.39, 0.29) is 0 Å². The molecule has 1 N–H and O–H groups in total. The molecule has 0 saturated heterocycles. The van der Waals surface area contributed by atoms with Crippen LogP contribution in [0.15, 0.2) is 46.7 Å². The molecule has 0 unspecified atom stereocenters. The first kappa shape index (κ1) is 15.4. The quantitative estimate of drug-likeness (QED) is 0.624. The number of nitriles is 1. The maximum atomic E-state index is 9.29. The Morgan fingerprint density at radius 3 is 3.00 bits per heavy atom. The highest BCUT2D eigenvalue weighted by Gasteiger charge is 2.06. The Balaban J connectivity index is 2.05. The molecule has 0 spiro atoms. The fourth-order valence-corrected chi connectivity index (χ4v) is 2.53. The van der Waals surface area contributed by atoms with Gasteiger partial charge in [0.25, 0.3) is 0 Å². The lowest BCUT2D eigenvalue weighted by Gasteiger charge is -2.07. The Morgan fingerprint density at radius 2 is 2.29 bits per heavy atom. The summed E-state index contributed by atoms with van der Waals surface area (Å²) in [4.78, 5) is 8.94. The van der Waals surface area contributed by atoms with Crippen molar-refractivity contribution in [2.24, 2.45) is 0 Å². The molecule has 0 atom stereocenters. The number of methoxy groups -OCH3 is 1. The second kappa shape index (κ2) is 8.37. The van der Waals surface area contributed by atoms with Crippen LogP contribution >= 0.6 is 11.8 Å². The second-order valence-electron chi connectivity index (χ2n) is 4.26. The highest BCUT2D eigenvalue weighted by atomic mass is 32.2. The highest BCUT2D eigenvalue weighted by Crippen LogP contribution is 2.29. The van der Waals surface area contributed by atoms with Gasteiger partial charge in [0.15, 0.2) is 0 Å². The van der Waals surface area contributed by atoms with Crippen molar-refractivity contribution < 1.29 is 4.74 Å². The molecule has 0 fully saturated rings. The largest absolute Gasteiger partial charge is 0.383 e. The van der Waals surface area contributed by atoms with E-state index in [0.29, 0.717) is 12.2 Å². The predicted molar refractivity (Wildman–Crippen MR) is 80.9 cm³/mol. The van der Waals surface area contributed by atoms with E-state index in [4.69, 9.17) is 4.74 Å². The van der Waals surface area contributed by atoms with Gasteiger partial charge in [-0.2, -0.15) is 5.26 Å². The summed E-state index contributed by atoms with van der Waals surface area (Å²) >= 11 is 1.47. The third-order valence-corrected chi connectivity index (χ3v) is 3.77. The van der Waals surface area contributed by atoms with E-state index in [0.717, 1.165) is 28.6 Å². The van der Waals surface area contributed by atoms with Crippen LogP contribution in [0.2, 0.25) is 0 Å². The van der Waals surface area contributed by atoms with Crippen molar-refractivity contribution in [2.45, 2.75) is 16.5 Å². The minimum absolute atomic E-state index is 0.657. The van der Waals surface area contributed by atoms with Gasteiger partial charge in [-0.1, -0.05) is 17.8 Å². The number of nitrogens with zero attached hydrogens (tertiary/aromatic N) is 3. The molecule has 21 heavy (non-hydrogen) atoms. The molecular formula is C15H16N4OS. The van der Waals surface area contributed by atoms with E-state index in [1.807, 2.05) is 24.3 Å². The molecule has 108 valence electrons. The minimum Gasteiger partial charge on any atom is -0.383 e. The average molecular weight is 300 g/mol. The molecule has 0 bridgehead atoms. The van der Waals surface area contributed by atoms with Gasteiger partial charge in [-0.25, -0.2) is 9.97 Å². The molecule has 0 aliphatic carbocycles. The smallest absolute Gasteiger partial charge is 0.116 e. The number of ether oxygens (including phenoxy) is 1. The van der Waals surface area contributed by atoms with Crippen molar-refractivity contribution in [1.82, 2.24) is 15.3 Å². The topological polar surface area (TPSA) is 70.8 Å². The van der Waals surface area contributed by atoms with E-state index in [2.05, 4.69) is 21.4 Å². The Bertz CT molecular complexity index is 613. The Kier molecular flexibility index (Phi) is 6.16. The summed E-state index contributed by atoms with van der Waals surface area (Å²) in [7, 11) is 1.68. The number of rotatable bonds is 7. The molecular weight excluding hydrogens is 284 g/mol. The maximum absolute atomic E-state index is 9.29. The third-order valence-electron chi connectivity index (χ3n) is 2.75. The number of aromatic nitrogens is 2. The van der Waals surface area contributed by atoms with Crippen LogP contribution in [-0.2, 0) is 11.3 Å². The van der Waals surface area contributed by atoms with E-state index in [1.54, 1.807) is 13.3 Å². The third kappa shape index (κ3) is 4.83. The van der Waals surface area contributed by atoms with Crippen LogP contribution in [0.25, 0.3) is 0 Å². The SMILES string of the molecule is COCCNCc1ccc(Sc2ccncn2)c(C#N)c1. The summed E-state index contributed by atoms with van der Waals surface area (Å²) in [6, 6.07) is 9.95. The molecule has 1 aromatic heterocycles. The van der Waals surface area contributed by atoms with Crippen molar-refractivity contribution >= 4 is 11.8 Å². The standard InChI is InChI=1S/C15H16N4OS/c1-20-7-6-17-10-12-2-3-14(13(8-12)9-16)21-15-4-5-18-11-19-15/h2-5,8,11,17H,6-7,10H2,1H3. The van der Waals surface area contributed by atoms with Crippen LogP contribution in [0.3, 0.4) is 0 Å². The van der Waals surface area contributed by atoms with Crippen LogP contribution in [0.4, 0.5) is 0 Å². The summed E-state index contributed by atoms with van der Waals surface area (Å²) in [5.41, 5.74) is 1.74. The molecule has 0 aliphatic rings. The van der Waals surface area contributed by atoms with Gasteiger partial charge in [0.1, 0.15) is 17.4 Å². The molecule has 0 aliphatic heterocycles. The minimum atomic E-state index is 0.657. The summed E-state index contributed by atoms with van der Waals surface area (Å²) < 4.78 is 4.98. The molecule has 1 heterocycles. The van der Waals surface area contributed by atoms with Gasteiger partial charge in [0, 0.05) is 31.3 Å². The molecule has 0 radical (unpaired) electrons. The van der Waals surface area contributed by atoms with Crippen molar-refractivity contribution in [3.63, 3.8) is 0 Å². The van der Waals surface area contributed by atoms with Crippen LogP contribution in [-0.4, -0.2) is 30.2 Å². The van der Waals surface area contributed by atoms with Gasteiger partial charge in [0.05, 0.1) is 12.2 Å². The maximum Gasteiger partial charge on any atom is 0.116 e. The Morgan fingerprint density at radius 1 is 1.38 bits per heavy atom. The number of hydrogen-bond donors (Lipinski definition) is 1. The van der Waals surface area contributed by atoms with Crippen LogP contribution in [0, 0.1) is 11.3 Å². The van der Waals surface area contributed by atoms with Crippen LogP contribution in [0.5, 0.6) is 0 Å². The first-order chi connectivity index (χ1) is 10.3. The number of hydrogen-bond acceptors (Lipinski definition) is 6. The van der Waals surface area contributed by atoms with Gasteiger partial charge >= 0.3 is 0 Å². The van der Waals surface area contributed by atoms with Gasteiger partial charge in [-0.05, 0) is 23.8 Å². The summed E-state index contributed by atoms with van der Waals surface area (Å²) in [6.45, 7) is 2.18. The van der Waals surface area contributed by atoms with Gasteiger partial charge in [0.2, 0.25) is 0 Å². The zero-order chi connectivity index (χ0) is 14.9. The molecule has 6 heteroatoms. The summed E-state index contributed by atoms with van der Waals surface area (Å²) in [5.74, 6) is 0. The molecule has 1 aromatic carbocycles. The van der Waals surface area contributed by atoms with E-state index < -0.39 is 0 Å².